The van der Waals surface area contributed by atoms with Crippen LogP contribution in [-0.2, 0) is 24.5 Å². The quantitative estimate of drug-likeness (QED) is 0.434. The summed E-state index contributed by atoms with van der Waals surface area (Å²) < 4.78 is 58.5. The van der Waals surface area contributed by atoms with Gasteiger partial charge in [0.05, 0.1) is 11.3 Å². The molecule has 1 aromatic carbocycles. The Balaban J connectivity index is 0.000000209. The van der Waals surface area contributed by atoms with Gasteiger partial charge in [-0.25, -0.2) is 4.39 Å². The zero-order valence-electron chi connectivity index (χ0n) is 20.0. The predicted octanol–water partition coefficient (Wildman–Crippen LogP) is 5.06. The first kappa shape index (κ1) is 27.1. The molecule has 2 aliphatic rings. The first-order valence-electron chi connectivity index (χ1n) is 11.4. The summed E-state index contributed by atoms with van der Waals surface area (Å²) in [5, 5.41) is 0. The van der Waals surface area contributed by atoms with Crippen molar-refractivity contribution in [1.82, 2.24) is 14.5 Å². The number of amides is 1. The average Bonchev–Trinajstić information content (AvgIpc) is 3.16. The highest BCUT2D eigenvalue weighted by Crippen LogP contribution is 2.35. The Morgan fingerprint density at radius 2 is 1.67 bits per heavy atom. The Morgan fingerprint density at radius 3 is 2.17 bits per heavy atom. The molecule has 6 nitrogen and oxygen atoms in total. The number of benzene rings is 1. The van der Waals surface area contributed by atoms with Crippen molar-refractivity contribution in [2.75, 3.05) is 20.3 Å². The molecule has 192 valence electrons. The lowest BCUT2D eigenvalue weighted by molar-refractivity contribution is -0.137. The molecule has 1 fully saturated rings. The lowest BCUT2D eigenvalue weighted by Crippen LogP contribution is -2.17. The van der Waals surface area contributed by atoms with Crippen LogP contribution in [0.15, 0.2) is 59.7 Å². The van der Waals surface area contributed by atoms with Gasteiger partial charge >= 0.3 is 6.18 Å². The minimum absolute atomic E-state index is 0.0347. The molecule has 0 atom stereocenters. The van der Waals surface area contributed by atoms with Crippen LogP contribution in [-0.4, -0.2) is 40.6 Å². The van der Waals surface area contributed by atoms with Crippen LogP contribution in [0.1, 0.15) is 40.7 Å². The molecule has 0 bridgehead atoms. The summed E-state index contributed by atoms with van der Waals surface area (Å²) in [5.74, 6) is -1.23. The van der Waals surface area contributed by atoms with E-state index in [-0.39, 0.29) is 29.3 Å². The van der Waals surface area contributed by atoms with Crippen LogP contribution < -0.4 is 5.56 Å². The summed E-state index contributed by atoms with van der Waals surface area (Å²) in [6, 6.07) is 8.89. The number of fused-ring (bicyclic) bond motifs is 1. The topological polar surface area (TPSA) is 64.4 Å². The highest BCUT2D eigenvalue weighted by atomic mass is 19.4. The van der Waals surface area contributed by atoms with Crippen molar-refractivity contribution in [2.24, 2.45) is 7.05 Å². The average molecular weight is 506 g/mol. The third-order valence-electron chi connectivity index (χ3n) is 5.66. The fourth-order valence-electron chi connectivity index (χ4n) is 3.68. The standard InChI is InChI=1S/C15H10F4N2O.C6H7NO.C5H10O/c1-21-7-11-9(14(21)22)4-5-20-13(11)10-3-2-8(6-12(10)16)15(17,18)19;1-7-5-3-2-4-6(7)8;1-2-4-6-5-3-1/h2-6H,7H2,1H3;2-5H,1H3;1-5H2. The van der Waals surface area contributed by atoms with E-state index in [2.05, 4.69) is 4.98 Å². The fraction of sp³-hybridized carbons (Fsp3) is 0.346. The third kappa shape index (κ3) is 6.78. The number of ether oxygens (including phenoxy) is 1. The van der Waals surface area contributed by atoms with Gasteiger partial charge in [-0.1, -0.05) is 6.07 Å². The van der Waals surface area contributed by atoms with Gasteiger partial charge in [0.25, 0.3) is 5.91 Å². The minimum atomic E-state index is -4.61. The van der Waals surface area contributed by atoms with Crippen LogP contribution in [0.2, 0.25) is 0 Å². The smallest absolute Gasteiger partial charge is 0.381 e. The number of aryl methyl sites for hydroxylation is 1. The van der Waals surface area contributed by atoms with E-state index in [0.717, 1.165) is 25.3 Å². The van der Waals surface area contributed by atoms with Crippen LogP contribution in [0.5, 0.6) is 0 Å². The Kier molecular flexibility index (Phi) is 8.98. The van der Waals surface area contributed by atoms with E-state index < -0.39 is 17.6 Å². The van der Waals surface area contributed by atoms with E-state index in [9.17, 15) is 27.2 Å². The third-order valence-corrected chi connectivity index (χ3v) is 5.66. The first-order valence-corrected chi connectivity index (χ1v) is 11.4. The van der Waals surface area contributed by atoms with Gasteiger partial charge in [-0.2, -0.15) is 13.2 Å². The summed E-state index contributed by atoms with van der Waals surface area (Å²) in [6.45, 7) is 2.25. The van der Waals surface area contributed by atoms with Gasteiger partial charge in [0.1, 0.15) is 5.82 Å². The van der Waals surface area contributed by atoms with E-state index in [4.69, 9.17) is 4.74 Å². The van der Waals surface area contributed by atoms with Crippen molar-refractivity contribution in [3.63, 3.8) is 0 Å². The monoisotopic (exact) mass is 505 g/mol. The van der Waals surface area contributed by atoms with Gasteiger partial charge in [-0.05, 0) is 49.6 Å². The van der Waals surface area contributed by atoms with E-state index in [0.29, 0.717) is 17.2 Å². The number of pyridine rings is 2. The zero-order valence-corrected chi connectivity index (χ0v) is 20.0. The van der Waals surface area contributed by atoms with Crippen LogP contribution in [0.4, 0.5) is 17.6 Å². The molecule has 2 aromatic heterocycles. The summed E-state index contributed by atoms with van der Waals surface area (Å²) in [4.78, 5) is 28.0. The van der Waals surface area contributed by atoms with Crippen molar-refractivity contribution in [2.45, 2.75) is 32.0 Å². The van der Waals surface area contributed by atoms with Gasteiger partial charge in [-0.15, -0.1) is 0 Å². The molecule has 0 radical (unpaired) electrons. The normalized spacial score (nSPS) is 14.8. The summed E-state index contributed by atoms with van der Waals surface area (Å²) in [6.07, 6.45) is 2.40. The molecule has 2 aliphatic heterocycles. The van der Waals surface area contributed by atoms with Crippen molar-refractivity contribution in [1.29, 1.82) is 0 Å². The summed E-state index contributed by atoms with van der Waals surface area (Å²) in [7, 11) is 3.32. The van der Waals surface area contributed by atoms with Crippen molar-refractivity contribution in [3.8, 4) is 11.3 Å². The van der Waals surface area contributed by atoms with Crippen LogP contribution in [0.3, 0.4) is 0 Å². The fourth-order valence-corrected chi connectivity index (χ4v) is 3.68. The van der Waals surface area contributed by atoms with Gasteiger partial charge in [-0.3, -0.25) is 14.6 Å². The predicted molar refractivity (Wildman–Crippen MR) is 127 cm³/mol. The Morgan fingerprint density at radius 1 is 0.944 bits per heavy atom. The van der Waals surface area contributed by atoms with Crippen LogP contribution in [0.25, 0.3) is 11.3 Å². The molecule has 1 saturated heterocycles. The summed E-state index contributed by atoms with van der Waals surface area (Å²) >= 11 is 0. The second-order valence-corrected chi connectivity index (χ2v) is 8.36. The lowest BCUT2D eigenvalue weighted by atomic mass is 10.0. The maximum absolute atomic E-state index is 14.1. The van der Waals surface area contributed by atoms with E-state index >= 15 is 0 Å². The second-order valence-electron chi connectivity index (χ2n) is 8.36. The molecule has 1 amide bonds. The maximum Gasteiger partial charge on any atom is 0.416 e. The number of nitrogens with zero attached hydrogens (tertiary/aromatic N) is 3. The molecule has 10 heteroatoms. The molecule has 0 unspecified atom stereocenters. The Hall–Kier alpha value is -3.53. The molecule has 5 rings (SSSR count). The number of alkyl halides is 3. The Labute approximate surface area is 206 Å². The molecular weight excluding hydrogens is 478 g/mol. The molecule has 36 heavy (non-hydrogen) atoms. The summed E-state index contributed by atoms with van der Waals surface area (Å²) in [5.41, 5.74) is 0.0388. The van der Waals surface area contributed by atoms with E-state index in [1.165, 1.54) is 47.1 Å². The van der Waals surface area contributed by atoms with Gasteiger partial charge in [0, 0.05) is 69.0 Å². The highest BCUT2D eigenvalue weighted by Gasteiger charge is 2.32. The number of aromatic nitrogens is 2. The van der Waals surface area contributed by atoms with Crippen molar-refractivity contribution >= 4 is 5.91 Å². The van der Waals surface area contributed by atoms with E-state index in [1.807, 2.05) is 6.07 Å². The zero-order chi connectivity index (χ0) is 26.3. The van der Waals surface area contributed by atoms with Gasteiger partial charge in [0.2, 0.25) is 5.56 Å². The number of hydrogen-bond donors (Lipinski definition) is 0. The molecular formula is C26H27F4N3O3. The SMILES string of the molecule is C1CCOCC1.CN1Cc2c(ccnc2-c2ccc(C(F)(F)F)cc2F)C1=O.Cn1ccccc1=O. The lowest BCUT2D eigenvalue weighted by Gasteiger charge is -2.11. The molecule has 0 spiro atoms. The van der Waals surface area contributed by atoms with Crippen molar-refractivity contribution < 1.29 is 27.1 Å². The van der Waals surface area contributed by atoms with Crippen molar-refractivity contribution in [3.05, 3.63) is 87.7 Å². The molecule has 0 aliphatic carbocycles. The minimum Gasteiger partial charge on any atom is -0.381 e. The number of halogens is 4. The first-order chi connectivity index (χ1) is 17.1. The Bertz CT molecular complexity index is 1240. The van der Waals surface area contributed by atoms with Crippen LogP contribution >= 0.6 is 0 Å². The molecule has 4 heterocycles. The van der Waals surface area contributed by atoms with E-state index in [1.54, 1.807) is 26.4 Å². The number of rotatable bonds is 1. The molecule has 0 N–H and O–H groups in total. The van der Waals surface area contributed by atoms with Crippen LogP contribution in [0, 0.1) is 5.82 Å². The number of carbonyl (C=O) groups is 1. The largest absolute Gasteiger partial charge is 0.416 e. The molecule has 0 saturated carbocycles. The molecule has 3 aromatic rings. The number of carbonyl (C=O) groups excluding carboxylic acids is 1. The van der Waals surface area contributed by atoms with Gasteiger partial charge < -0.3 is 14.2 Å². The number of hydrogen-bond acceptors (Lipinski definition) is 4. The van der Waals surface area contributed by atoms with Gasteiger partial charge in [0.15, 0.2) is 0 Å². The maximum atomic E-state index is 14.1. The highest BCUT2D eigenvalue weighted by molar-refractivity contribution is 5.99. The second kappa shape index (κ2) is 11.9.